The van der Waals surface area contributed by atoms with Crippen LogP contribution in [0.15, 0.2) is 73.2 Å². The highest BCUT2D eigenvalue weighted by Crippen LogP contribution is 2.26. The maximum atomic E-state index is 14.0. The van der Waals surface area contributed by atoms with Crippen LogP contribution in [0.25, 0.3) is 22.7 Å². The van der Waals surface area contributed by atoms with Crippen LogP contribution in [0, 0.1) is 12.7 Å². The van der Waals surface area contributed by atoms with Crippen molar-refractivity contribution >= 4 is 11.5 Å². The summed E-state index contributed by atoms with van der Waals surface area (Å²) in [5.41, 5.74) is 3.97. The van der Waals surface area contributed by atoms with E-state index in [1.165, 1.54) is 12.4 Å². The zero-order valence-corrected chi connectivity index (χ0v) is 16.2. The van der Waals surface area contributed by atoms with Crippen molar-refractivity contribution in [3.63, 3.8) is 0 Å². The van der Waals surface area contributed by atoms with Crippen LogP contribution in [-0.4, -0.2) is 29.4 Å². The number of hydrogen-bond acceptors (Lipinski definition) is 5. The fourth-order valence-electron chi connectivity index (χ4n) is 3.29. The number of hydrogen-bond donors (Lipinski definition) is 1. The third kappa shape index (κ3) is 3.39. The van der Waals surface area contributed by atoms with Crippen molar-refractivity contribution in [2.75, 3.05) is 5.32 Å². The van der Waals surface area contributed by atoms with Crippen LogP contribution in [0.5, 0.6) is 0 Å². The lowest BCUT2D eigenvalue weighted by Crippen LogP contribution is -2.05. The Balaban J connectivity index is 1.56. The molecule has 5 rings (SSSR count). The van der Waals surface area contributed by atoms with E-state index in [0.717, 1.165) is 22.6 Å². The molecule has 1 N–H and O–H groups in total. The minimum Gasteiger partial charge on any atom is -0.364 e. The van der Waals surface area contributed by atoms with Gasteiger partial charge in [-0.15, -0.1) is 5.10 Å². The first-order valence-corrected chi connectivity index (χ1v) is 9.48. The molecular formula is C22H18FN7. The Bertz CT molecular complexity index is 1340. The molecule has 0 aliphatic carbocycles. The summed E-state index contributed by atoms with van der Waals surface area (Å²) in [6.45, 7) is 2.26. The average molecular weight is 399 g/mol. The van der Waals surface area contributed by atoms with E-state index in [4.69, 9.17) is 0 Å². The number of rotatable bonds is 5. The Morgan fingerprint density at radius 1 is 1.03 bits per heavy atom. The Labute approximate surface area is 171 Å². The number of benzene rings is 1. The highest BCUT2D eigenvalue weighted by molar-refractivity contribution is 5.66. The van der Waals surface area contributed by atoms with Gasteiger partial charge in [0.15, 0.2) is 11.5 Å². The van der Waals surface area contributed by atoms with E-state index in [2.05, 4.69) is 25.5 Å². The Morgan fingerprint density at radius 2 is 1.93 bits per heavy atom. The summed E-state index contributed by atoms with van der Waals surface area (Å²) in [6, 6.07) is 18.3. The smallest absolute Gasteiger partial charge is 0.155 e. The number of nitrogens with zero attached hydrogens (tertiary/aromatic N) is 6. The second kappa shape index (κ2) is 7.40. The predicted octanol–water partition coefficient (Wildman–Crippen LogP) is 4.04. The van der Waals surface area contributed by atoms with Gasteiger partial charge in [0.25, 0.3) is 0 Å². The van der Waals surface area contributed by atoms with Crippen molar-refractivity contribution in [1.82, 2.24) is 29.4 Å². The van der Waals surface area contributed by atoms with Crippen molar-refractivity contribution in [1.29, 1.82) is 0 Å². The maximum Gasteiger partial charge on any atom is 0.155 e. The summed E-state index contributed by atoms with van der Waals surface area (Å²) < 4.78 is 17.5. The normalized spacial score (nSPS) is 11.1. The number of anilines is 1. The lowest BCUT2D eigenvalue weighted by Gasteiger charge is -2.07. The minimum absolute atomic E-state index is 0.248. The predicted molar refractivity (Wildman–Crippen MR) is 112 cm³/mol. The topological polar surface area (TPSA) is 72.9 Å². The zero-order valence-electron chi connectivity index (χ0n) is 16.2. The SMILES string of the molecule is Cc1cccc(-n2nc(NCc3ccccc3F)cc2-c2ccc3ncnn3c2)n1. The van der Waals surface area contributed by atoms with E-state index in [1.54, 1.807) is 21.3 Å². The second-order valence-electron chi connectivity index (χ2n) is 6.89. The monoisotopic (exact) mass is 399 g/mol. The molecule has 0 radical (unpaired) electrons. The molecule has 0 atom stereocenters. The molecule has 1 aromatic carbocycles. The van der Waals surface area contributed by atoms with Crippen LogP contribution in [0.3, 0.4) is 0 Å². The average Bonchev–Trinajstić information content (AvgIpc) is 3.39. The molecule has 0 unspecified atom stereocenters. The standard InChI is InChI=1S/C22H18FN7/c1-15-5-4-8-22(27-15)30-19(17-9-10-21-25-14-26-29(21)13-17)11-20(28-30)24-12-16-6-2-3-7-18(16)23/h2-11,13-14H,12H2,1H3,(H,24,28). The molecular weight excluding hydrogens is 381 g/mol. The van der Waals surface area contributed by atoms with Gasteiger partial charge in [0.05, 0.1) is 5.69 Å². The summed E-state index contributed by atoms with van der Waals surface area (Å²) in [6.07, 6.45) is 3.41. The number of halogens is 1. The molecule has 0 bridgehead atoms. The molecule has 0 aliphatic heterocycles. The molecule has 7 nitrogen and oxygen atoms in total. The van der Waals surface area contributed by atoms with Crippen LogP contribution in [0.2, 0.25) is 0 Å². The van der Waals surface area contributed by atoms with Gasteiger partial charge < -0.3 is 5.32 Å². The lowest BCUT2D eigenvalue weighted by atomic mass is 10.2. The highest BCUT2D eigenvalue weighted by atomic mass is 19.1. The molecule has 148 valence electrons. The first-order chi connectivity index (χ1) is 14.7. The van der Waals surface area contributed by atoms with Crippen LogP contribution in [0.1, 0.15) is 11.3 Å². The number of fused-ring (bicyclic) bond motifs is 1. The molecule has 0 amide bonds. The van der Waals surface area contributed by atoms with Crippen LogP contribution in [0.4, 0.5) is 10.2 Å². The van der Waals surface area contributed by atoms with Gasteiger partial charge in [0.2, 0.25) is 0 Å². The highest BCUT2D eigenvalue weighted by Gasteiger charge is 2.14. The zero-order chi connectivity index (χ0) is 20.5. The quantitative estimate of drug-likeness (QED) is 0.483. The molecule has 0 saturated heterocycles. The number of nitrogens with one attached hydrogen (secondary N) is 1. The van der Waals surface area contributed by atoms with E-state index >= 15 is 0 Å². The van der Waals surface area contributed by atoms with Crippen molar-refractivity contribution in [2.45, 2.75) is 13.5 Å². The largest absolute Gasteiger partial charge is 0.364 e. The van der Waals surface area contributed by atoms with Gasteiger partial charge in [-0.2, -0.15) is 5.10 Å². The van der Waals surface area contributed by atoms with Crippen molar-refractivity contribution in [3.05, 3.63) is 90.3 Å². The van der Waals surface area contributed by atoms with Crippen LogP contribution in [-0.2, 0) is 6.54 Å². The lowest BCUT2D eigenvalue weighted by molar-refractivity contribution is 0.613. The first kappa shape index (κ1) is 18.0. The summed E-state index contributed by atoms with van der Waals surface area (Å²) in [7, 11) is 0. The summed E-state index contributed by atoms with van der Waals surface area (Å²) in [5, 5.41) is 12.1. The summed E-state index contributed by atoms with van der Waals surface area (Å²) in [5.74, 6) is 1.07. The van der Waals surface area contributed by atoms with E-state index in [1.807, 2.05) is 55.6 Å². The molecule has 0 saturated carbocycles. The fraction of sp³-hybridized carbons (Fsp3) is 0.0909. The Morgan fingerprint density at radius 3 is 2.80 bits per heavy atom. The molecule has 8 heteroatoms. The maximum absolute atomic E-state index is 14.0. The molecule has 4 aromatic heterocycles. The van der Waals surface area contributed by atoms with Crippen LogP contribution >= 0.6 is 0 Å². The third-order valence-electron chi connectivity index (χ3n) is 4.79. The number of aryl methyl sites for hydroxylation is 1. The van der Waals surface area contributed by atoms with Gasteiger partial charge in [-0.05, 0) is 37.3 Å². The minimum atomic E-state index is -0.248. The van der Waals surface area contributed by atoms with E-state index in [-0.39, 0.29) is 5.82 Å². The molecule has 0 spiro atoms. The van der Waals surface area contributed by atoms with Gasteiger partial charge in [-0.25, -0.2) is 23.6 Å². The molecule has 30 heavy (non-hydrogen) atoms. The van der Waals surface area contributed by atoms with E-state index < -0.39 is 0 Å². The van der Waals surface area contributed by atoms with Crippen molar-refractivity contribution < 1.29 is 4.39 Å². The summed E-state index contributed by atoms with van der Waals surface area (Å²) in [4.78, 5) is 8.80. The number of pyridine rings is 2. The van der Waals surface area contributed by atoms with Gasteiger partial charge in [-0.3, -0.25) is 0 Å². The van der Waals surface area contributed by atoms with Gasteiger partial charge in [0.1, 0.15) is 18.0 Å². The van der Waals surface area contributed by atoms with Crippen molar-refractivity contribution in [2.24, 2.45) is 0 Å². The third-order valence-corrected chi connectivity index (χ3v) is 4.79. The van der Waals surface area contributed by atoms with Crippen LogP contribution < -0.4 is 5.32 Å². The number of aromatic nitrogens is 6. The molecule has 0 aliphatic rings. The fourth-order valence-corrected chi connectivity index (χ4v) is 3.29. The van der Waals surface area contributed by atoms with E-state index in [9.17, 15) is 4.39 Å². The molecule has 0 fully saturated rings. The van der Waals surface area contributed by atoms with Crippen molar-refractivity contribution in [3.8, 4) is 17.1 Å². The Hall–Kier alpha value is -4.07. The van der Waals surface area contributed by atoms with E-state index in [0.29, 0.717) is 23.7 Å². The summed E-state index contributed by atoms with van der Waals surface area (Å²) >= 11 is 0. The molecule has 5 aromatic rings. The van der Waals surface area contributed by atoms with Gasteiger partial charge in [-0.1, -0.05) is 24.3 Å². The Kier molecular flexibility index (Phi) is 4.44. The van der Waals surface area contributed by atoms with Gasteiger partial charge >= 0.3 is 0 Å². The second-order valence-corrected chi connectivity index (χ2v) is 6.89. The molecule has 4 heterocycles. The first-order valence-electron chi connectivity index (χ1n) is 9.48. The van der Waals surface area contributed by atoms with Gasteiger partial charge in [0, 0.05) is 35.6 Å².